The summed E-state index contributed by atoms with van der Waals surface area (Å²) < 4.78 is 25.6. The molecule has 0 bridgehead atoms. The van der Waals surface area contributed by atoms with Crippen LogP contribution < -0.4 is 10.5 Å². The summed E-state index contributed by atoms with van der Waals surface area (Å²) >= 11 is 0.946. The van der Waals surface area contributed by atoms with Gasteiger partial charge in [-0.05, 0) is 12.1 Å². The number of hydrogen-bond donors (Lipinski definition) is 3. The Labute approximate surface area is 97.1 Å². The minimum Gasteiger partial charge on any atom is -0.481 e. The monoisotopic (exact) mass is 264 g/mol. The molecule has 90 valence electrons. The molecule has 8 heteroatoms. The fraction of sp³-hybridized carbons (Fsp3) is 0.375. The van der Waals surface area contributed by atoms with Gasteiger partial charge in [-0.25, -0.2) is 13.1 Å². The number of carboxylic acids is 1. The summed E-state index contributed by atoms with van der Waals surface area (Å²) in [5, 5.41) is 8.55. The first-order valence-corrected chi connectivity index (χ1v) is 6.76. The van der Waals surface area contributed by atoms with Crippen molar-refractivity contribution in [3.05, 3.63) is 17.0 Å². The van der Waals surface area contributed by atoms with E-state index in [0.29, 0.717) is 4.88 Å². The Morgan fingerprint density at radius 1 is 1.50 bits per heavy atom. The second kappa shape index (κ2) is 5.39. The summed E-state index contributed by atoms with van der Waals surface area (Å²) in [5.74, 6) is -0.985. The summed E-state index contributed by atoms with van der Waals surface area (Å²) in [6.07, 6.45) is -0.170. The van der Waals surface area contributed by atoms with Crippen LogP contribution in [0.1, 0.15) is 4.88 Å². The van der Waals surface area contributed by atoms with Crippen molar-refractivity contribution in [1.29, 1.82) is 0 Å². The third-order valence-corrected chi connectivity index (χ3v) is 4.70. The Kier molecular flexibility index (Phi) is 4.42. The number of thiophene rings is 1. The zero-order valence-electron chi connectivity index (χ0n) is 8.34. The summed E-state index contributed by atoms with van der Waals surface area (Å²) in [5.41, 5.74) is 5.18. The molecule has 0 fully saturated rings. The smallest absolute Gasteiger partial charge is 0.308 e. The van der Waals surface area contributed by atoms with E-state index < -0.39 is 16.0 Å². The van der Waals surface area contributed by atoms with Crippen molar-refractivity contribution in [3.8, 4) is 0 Å². The number of hydrogen-bond acceptors (Lipinski definition) is 5. The lowest BCUT2D eigenvalue weighted by atomic mass is 10.3. The van der Waals surface area contributed by atoms with Gasteiger partial charge in [0.15, 0.2) is 0 Å². The van der Waals surface area contributed by atoms with Crippen LogP contribution >= 0.6 is 11.3 Å². The lowest BCUT2D eigenvalue weighted by Gasteiger charge is -2.01. The van der Waals surface area contributed by atoms with Gasteiger partial charge < -0.3 is 10.8 Å². The summed E-state index contributed by atoms with van der Waals surface area (Å²) in [4.78, 5) is 10.9. The van der Waals surface area contributed by atoms with Gasteiger partial charge >= 0.3 is 5.97 Å². The maximum Gasteiger partial charge on any atom is 0.308 e. The van der Waals surface area contributed by atoms with Crippen molar-refractivity contribution >= 4 is 27.3 Å². The number of nitrogens with one attached hydrogen (secondary N) is 1. The molecule has 0 aromatic carbocycles. The molecular weight excluding hydrogens is 252 g/mol. The predicted molar refractivity (Wildman–Crippen MR) is 59.9 cm³/mol. The fourth-order valence-electron chi connectivity index (χ4n) is 1.01. The molecular formula is C8H12N2O4S2. The summed E-state index contributed by atoms with van der Waals surface area (Å²) in [6, 6.07) is 2.89. The Bertz CT molecular complexity index is 466. The van der Waals surface area contributed by atoms with E-state index in [1.807, 2.05) is 0 Å². The largest absolute Gasteiger partial charge is 0.481 e. The molecule has 0 aliphatic carbocycles. The molecule has 0 saturated heterocycles. The van der Waals surface area contributed by atoms with Crippen LogP contribution in [0.5, 0.6) is 0 Å². The van der Waals surface area contributed by atoms with E-state index in [1.54, 1.807) is 0 Å². The minimum atomic E-state index is -3.54. The molecule has 1 heterocycles. The van der Waals surface area contributed by atoms with E-state index in [-0.39, 0.29) is 23.7 Å². The third-order valence-electron chi connectivity index (χ3n) is 1.66. The van der Waals surface area contributed by atoms with Gasteiger partial charge in [0, 0.05) is 18.0 Å². The number of aliphatic carboxylic acids is 1. The molecule has 16 heavy (non-hydrogen) atoms. The Morgan fingerprint density at radius 2 is 2.19 bits per heavy atom. The molecule has 1 rings (SSSR count). The van der Waals surface area contributed by atoms with Crippen molar-refractivity contribution < 1.29 is 18.3 Å². The topological polar surface area (TPSA) is 109 Å². The quantitative estimate of drug-likeness (QED) is 0.648. The molecule has 0 spiro atoms. The number of carboxylic acid groups (broad SMARTS) is 1. The number of rotatable bonds is 6. The minimum absolute atomic E-state index is 0.109. The maximum atomic E-state index is 11.6. The van der Waals surface area contributed by atoms with Crippen molar-refractivity contribution in [2.75, 3.05) is 13.1 Å². The first kappa shape index (κ1) is 13.1. The van der Waals surface area contributed by atoms with Gasteiger partial charge in [-0.15, -0.1) is 11.3 Å². The first-order chi connectivity index (χ1) is 7.45. The van der Waals surface area contributed by atoms with E-state index in [1.165, 1.54) is 12.1 Å². The lowest BCUT2D eigenvalue weighted by molar-refractivity contribution is -0.136. The molecule has 0 aliphatic rings. The van der Waals surface area contributed by atoms with Crippen molar-refractivity contribution in [2.45, 2.75) is 10.6 Å². The zero-order chi connectivity index (χ0) is 12.2. The van der Waals surface area contributed by atoms with Crippen LogP contribution in [-0.4, -0.2) is 32.6 Å². The van der Waals surface area contributed by atoms with E-state index in [9.17, 15) is 13.2 Å². The van der Waals surface area contributed by atoms with Gasteiger partial charge in [-0.2, -0.15) is 0 Å². The molecule has 6 nitrogen and oxygen atoms in total. The standard InChI is InChI=1S/C8H12N2O4S2/c9-3-4-10-16(13,14)8-2-1-6(15-8)5-7(11)12/h1-2,10H,3-5,9H2,(H,11,12). The van der Waals surface area contributed by atoms with Crippen LogP contribution in [0.15, 0.2) is 16.3 Å². The average molecular weight is 264 g/mol. The molecule has 0 saturated carbocycles. The van der Waals surface area contributed by atoms with Gasteiger partial charge in [0.25, 0.3) is 0 Å². The zero-order valence-corrected chi connectivity index (χ0v) is 9.97. The first-order valence-electron chi connectivity index (χ1n) is 4.46. The molecule has 1 aromatic rings. The Hall–Kier alpha value is -0.960. The molecule has 1 aromatic heterocycles. The van der Waals surface area contributed by atoms with Crippen molar-refractivity contribution in [2.24, 2.45) is 5.73 Å². The SMILES string of the molecule is NCCNS(=O)(=O)c1ccc(CC(=O)O)s1. The number of carbonyl (C=O) groups is 1. The van der Waals surface area contributed by atoms with Crippen LogP contribution in [0.25, 0.3) is 0 Å². The predicted octanol–water partition coefficient (Wildman–Crippen LogP) is -0.388. The number of nitrogens with two attached hydrogens (primary N) is 1. The Balaban J connectivity index is 2.80. The van der Waals surface area contributed by atoms with Crippen LogP contribution in [0.2, 0.25) is 0 Å². The summed E-state index contributed by atoms with van der Waals surface area (Å²) in [6.45, 7) is 0.376. The normalized spacial score (nSPS) is 11.6. The lowest BCUT2D eigenvalue weighted by Crippen LogP contribution is -2.28. The molecule has 0 atom stereocenters. The molecule has 0 unspecified atom stereocenters. The highest BCUT2D eigenvalue weighted by molar-refractivity contribution is 7.91. The highest BCUT2D eigenvalue weighted by Crippen LogP contribution is 2.21. The van der Waals surface area contributed by atoms with Gasteiger partial charge in [-0.3, -0.25) is 4.79 Å². The molecule has 0 radical (unpaired) electrons. The maximum absolute atomic E-state index is 11.6. The second-order valence-corrected chi connectivity index (χ2v) is 6.14. The highest BCUT2D eigenvalue weighted by Gasteiger charge is 2.16. The van der Waals surface area contributed by atoms with Crippen molar-refractivity contribution in [1.82, 2.24) is 4.72 Å². The van der Waals surface area contributed by atoms with Crippen LogP contribution in [0, 0.1) is 0 Å². The number of sulfonamides is 1. The summed E-state index contributed by atoms with van der Waals surface area (Å²) in [7, 11) is -3.54. The van der Waals surface area contributed by atoms with Gasteiger partial charge in [0.1, 0.15) is 4.21 Å². The highest BCUT2D eigenvalue weighted by atomic mass is 32.2. The van der Waals surface area contributed by atoms with Crippen LogP contribution in [-0.2, 0) is 21.2 Å². The molecule has 0 amide bonds. The van der Waals surface area contributed by atoms with E-state index in [4.69, 9.17) is 10.8 Å². The Morgan fingerprint density at radius 3 is 2.75 bits per heavy atom. The second-order valence-electron chi connectivity index (χ2n) is 2.98. The van der Waals surface area contributed by atoms with Crippen LogP contribution in [0.3, 0.4) is 0 Å². The molecule has 0 aliphatic heterocycles. The molecule has 4 N–H and O–H groups in total. The van der Waals surface area contributed by atoms with E-state index in [0.717, 1.165) is 11.3 Å². The van der Waals surface area contributed by atoms with Gasteiger partial charge in [-0.1, -0.05) is 0 Å². The van der Waals surface area contributed by atoms with Gasteiger partial charge in [0.05, 0.1) is 6.42 Å². The van der Waals surface area contributed by atoms with Crippen molar-refractivity contribution in [3.63, 3.8) is 0 Å². The average Bonchev–Trinajstić information content (AvgIpc) is 2.63. The van der Waals surface area contributed by atoms with E-state index in [2.05, 4.69) is 4.72 Å². The van der Waals surface area contributed by atoms with E-state index >= 15 is 0 Å². The van der Waals surface area contributed by atoms with Crippen LogP contribution in [0.4, 0.5) is 0 Å². The van der Waals surface area contributed by atoms with Gasteiger partial charge in [0.2, 0.25) is 10.0 Å². The fourth-order valence-corrected chi connectivity index (χ4v) is 3.45. The third kappa shape index (κ3) is 3.56.